The highest BCUT2D eigenvalue weighted by atomic mass is 79.9. The highest BCUT2D eigenvalue weighted by molar-refractivity contribution is 9.10. The Morgan fingerprint density at radius 2 is 2.35 bits per heavy atom. The first-order chi connectivity index (χ1) is 9.57. The highest BCUT2D eigenvalue weighted by Crippen LogP contribution is 2.32. The molecule has 2 N–H and O–H groups in total. The van der Waals surface area contributed by atoms with E-state index >= 15 is 0 Å². The first kappa shape index (κ1) is 15.5. The molecule has 1 fully saturated rings. The Hall–Kier alpha value is -0.870. The molecule has 1 heterocycles. The number of carbonyl (C=O) groups excluding carboxylic acids is 1. The van der Waals surface area contributed by atoms with Crippen molar-refractivity contribution in [2.45, 2.75) is 39.2 Å². The van der Waals surface area contributed by atoms with Crippen LogP contribution in [0.5, 0.6) is 0 Å². The van der Waals surface area contributed by atoms with Crippen molar-refractivity contribution in [3.05, 3.63) is 34.3 Å². The zero-order valence-electron chi connectivity index (χ0n) is 12.2. The van der Waals surface area contributed by atoms with Gasteiger partial charge >= 0.3 is 0 Å². The van der Waals surface area contributed by atoms with Crippen molar-refractivity contribution >= 4 is 21.8 Å². The van der Waals surface area contributed by atoms with Crippen LogP contribution in [0.15, 0.2) is 28.7 Å². The smallest absolute Gasteiger partial charge is 0.228 e. The van der Waals surface area contributed by atoms with Crippen LogP contribution in [0.1, 0.15) is 44.7 Å². The van der Waals surface area contributed by atoms with Crippen LogP contribution < -0.4 is 10.6 Å². The molecule has 110 valence electrons. The fourth-order valence-electron chi connectivity index (χ4n) is 2.95. The van der Waals surface area contributed by atoms with Crippen molar-refractivity contribution in [2.24, 2.45) is 5.41 Å². The van der Waals surface area contributed by atoms with Crippen LogP contribution in [0.4, 0.5) is 0 Å². The Kier molecular flexibility index (Phi) is 5.22. The van der Waals surface area contributed by atoms with E-state index in [2.05, 4.69) is 45.6 Å². The summed E-state index contributed by atoms with van der Waals surface area (Å²) in [5.41, 5.74) is 0.917. The predicted molar refractivity (Wildman–Crippen MR) is 85.5 cm³/mol. The average molecular weight is 339 g/mol. The van der Waals surface area contributed by atoms with E-state index in [0.717, 1.165) is 42.4 Å². The van der Waals surface area contributed by atoms with Crippen molar-refractivity contribution in [1.29, 1.82) is 0 Å². The van der Waals surface area contributed by atoms with E-state index < -0.39 is 0 Å². The Morgan fingerprint density at radius 1 is 1.55 bits per heavy atom. The number of hydrogen-bond donors (Lipinski definition) is 2. The molecule has 2 rings (SSSR count). The zero-order valence-corrected chi connectivity index (χ0v) is 13.8. The lowest BCUT2D eigenvalue weighted by Crippen LogP contribution is -2.43. The van der Waals surface area contributed by atoms with E-state index in [-0.39, 0.29) is 17.4 Å². The molecule has 0 bridgehead atoms. The molecule has 20 heavy (non-hydrogen) atoms. The SMILES string of the molecule is CCCC1(C(=O)N[C@@H](C)c2cccc(Br)c2)CCNC1. The molecule has 0 saturated carbocycles. The standard InChI is InChI=1S/C16H23BrN2O/c1-3-7-16(8-9-18-11-16)15(20)19-12(2)13-5-4-6-14(17)10-13/h4-6,10,12,18H,3,7-9,11H2,1-2H3,(H,19,20)/t12-,16?/m0/s1. The van der Waals surface area contributed by atoms with Gasteiger partial charge in [-0.1, -0.05) is 41.4 Å². The number of benzene rings is 1. The van der Waals surface area contributed by atoms with Gasteiger partial charge in [0, 0.05) is 11.0 Å². The zero-order chi connectivity index (χ0) is 14.6. The molecule has 0 aromatic heterocycles. The third kappa shape index (κ3) is 3.41. The number of hydrogen-bond acceptors (Lipinski definition) is 2. The Labute approximate surface area is 129 Å². The lowest BCUT2D eigenvalue weighted by molar-refractivity contribution is -0.131. The summed E-state index contributed by atoms with van der Waals surface area (Å²) in [5.74, 6) is 0.192. The molecular formula is C16H23BrN2O. The van der Waals surface area contributed by atoms with Gasteiger partial charge in [-0.05, 0) is 44.0 Å². The minimum absolute atomic E-state index is 0.0364. The molecule has 1 amide bonds. The van der Waals surface area contributed by atoms with Gasteiger partial charge in [0.15, 0.2) is 0 Å². The van der Waals surface area contributed by atoms with Crippen molar-refractivity contribution in [2.75, 3.05) is 13.1 Å². The fourth-order valence-corrected chi connectivity index (χ4v) is 3.37. The molecule has 1 aliphatic rings. The number of rotatable bonds is 5. The van der Waals surface area contributed by atoms with Gasteiger partial charge in [-0.2, -0.15) is 0 Å². The monoisotopic (exact) mass is 338 g/mol. The van der Waals surface area contributed by atoms with E-state index in [1.54, 1.807) is 0 Å². The predicted octanol–water partition coefficient (Wildman–Crippen LogP) is 3.41. The van der Waals surface area contributed by atoms with Gasteiger partial charge < -0.3 is 10.6 Å². The van der Waals surface area contributed by atoms with E-state index in [0.29, 0.717) is 0 Å². The van der Waals surface area contributed by atoms with E-state index in [1.807, 2.05) is 19.1 Å². The molecule has 0 aliphatic carbocycles. The molecule has 0 radical (unpaired) electrons. The molecule has 0 spiro atoms. The third-order valence-electron chi connectivity index (χ3n) is 4.15. The first-order valence-corrected chi connectivity index (χ1v) is 8.14. The van der Waals surface area contributed by atoms with Crippen LogP contribution >= 0.6 is 15.9 Å². The summed E-state index contributed by atoms with van der Waals surface area (Å²) in [6.45, 7) is 5.93. The second-order valence-corrected chi connectivity index (χ2v) is 6.62. The van der Waals surface area contributed by atoms with Gasteiger partial charge in [0.05, 0.1) is 11.5 Å². The maximum atomic E-state index is 12.7. The van der Waals surface area contributed by atoms with Gasteiger partial charge in [-0.25, -0.2) is 0 Å². The first-order valence-electron chi connectivity index (χ1n) is 7.34. The van der Waals surface area contributed by atoms with E-state index in [4.69, 9.17) is 0 Å². The molecular weight excluding hydrogens is 316 g/mol. The molecule has 3 nitrogen and oxygen atoms in total. The summed E-state index contributed by atoms with van der Waals surface area (Å²) >= 11 is 3.48. The minimum Gasteiger partial charge on any atom is -0.349 e. The molecule has 1 aromatic carbocycles. The maximum absolute atomic E-state index is 12.7. The Balaban J connectivity index is 2.06. The van der Waals surface area contributed by atoms with Crippen LogP contribution in [0.25, 0.3) is 0 Å². The number of nitrogens with one attached hydrogen (secondary N) is 2. The van der Waals surface area contributed by atoms with Crippen molar-refractivity contribution in [3.63, 3.8) is 0 Å². The molecule has 1 saturated heterocycles. The van der Waals surface area contributed by atoms with Gasteiger partial charge in [-0.3, -0.25) is 4.79 Å². The normalized spacial score (nSPS) is 23.6. The van der Waals surface area contributed by atoms with Gasteiger partial charge in [0.25, 0.3) is 0 Å². The van der Waals surface area contributed by atoms with Gasteiger partial charge in [-0.15, -0.1) is 0 Å². The quantitative estimate of drug-likeness (QED) is 0.863. The number of halogens is 1. The summed E-state index contributed by atoms with van der Waals surface area (Å²) in [6, 6.07) is 8.15. The van der Waals surface area contributed by atoms with Crippen LogP contribution in [0.2, 0.25) is 0 Å². The Morgan fingerprint density at radius 3 is 2.95 bits per heavy atom. The van der Waals surface area contributed by atoms with Crippen LogP contribution in [0, 0.1) is 5.41 Å². The van der Waals surface area contributed by atoms with Crippen molar-refractivity contribution in [3.8, 4) is 0 Å². The summed E-state index contributed by atoms with van der Waals surface area (Å²) in [4.78, 5) is 12.7. The molecule has 2 atom stereocenters. The van der Waals surface area contributed by atoms with Crippen molar-refractivity contribution < 1.29 is 4.79 Å². The van der Waals surface area contributed by atoms with E-state index in [1.165, 1.54) is 0 Å². The third-order valence-corrected chi connectivity index (χ3v) is 4.64. The summed E-state index contributed by atoms with van der Waals surface area (Å²) < 4.78 is 1.04. The summed E-state index contributed by atoms with van der Waals surface area (Å²) in [5, 5.41) is 6.52. The molecule has 1 aliphatic heterocycles. The van der Waals surface area contributed by atoms with Crippen molar-refractivity contribution in [1.82, 2.24) is 10.6 Å². The molecule has 4 heteroatoms. The average Bonchev–Trinajstić information content (AvgIpc) is 2.89. The van der Waals surface area contributed by atoms with Crippen LogP contribution in [-0.2, 0) is 4.79 Å². The number of amides is 1. The van der Waals surface area contributed by atoms with Crippen LogP contribution in [-0.4, -0.2) is 19.0 Å². The van der Waals surface area contributed by atoms with Gasteiger partial charge in [0.1, 0.15) is 0 Å². The lowest BCUT2D eigenvalue weighted by atomic mass is 9.81. The number of carbonyl (C=O) groups is 1. The Bertz CT molecular complexity index is 469. The topological polar surface area (TPSA) is 41.1 Å². The summed E-state index contributed by atoms with van der Waals surface area (Å²) in [7, 11) is 0. The second-order valence-electron chi connectivity index (χ2n) is 5.71. The lowest BCUT2D eigenvalue weighted by Gasteiger charge is -2.28. The highest BCUT2D eigenvalue weighted by Gasteiger charge is 2.40. The molecule has 1 aromatic rings. The molecule has 1 unspecified atom stereocenters. The van der Waals surface area contributed by atoms with E-state index in [9.17, 15) is 4.79 Å². The van der Waals surface area contributed by atoms with Crippen LogP contribution in [0.3, 0.4) is 0 Å². The minimum atomic E-state index is -0.213. The van der Waals surface area contributed by atoms with Gasteiger partial charge in [0.2, 0.25) is 5.91 Å². The second kappa shape index (κ2) is 6.72. The maximum Gasteiger partial charge on any atom is 0.228 e. The fraction of sp³-hybridized carbons (Fsp3) is 0.562. The summed E-state index contributed by atoms with van der Waals surface area (Å²) in [6.07, 6.45) is 2.94. The largest absolute Gasteiger partial charge is 0.349 e.